The fourth-order valence-corrected chi connectivity index (χ4v) is 5.52. The summed E-state index contributed by atoms with van der Waals surface area (Å²) in [5.74, 6) is 0. The molecule has 0 aliphatic carbocycles. The molecule has 1 aliphatic rings. The summed E-state index contributed by atoms with van der Waals surface area (Å²) in [6.07, 6.45) is 1.82. The van der Waals surface area contributed by atoms with E-state index in [1.54, 1.807) is 10.4 Å². The largest absolute Gasteiger partial charge is 0.296 e. The van der Waals surface area contributed by atoms with E-state index in [0.717, 1.165) is 28.6 Å². The molecule has 0 unspecified atom stereocenters. The smallest absolute Gasteiger partial charge is 0.243 e. The van der Waals surface area contributed by atoms with E-state index in [4.69, 9.17) is 0 Å². The van der Waals surface area contributed by atoms with Crippen molar-refractivity contribution < 1.29 is 8.42 Å². The lowest BCUT2D eigenvalue weighted by Gasteiger charge is -2.34. The molecule has 3 aromatic rings. The second-order valence-electron chi connectivity index (χ2n) is 7.44. The van der Waals surface area contributed by atoms with Crippen LogP contribution in [0, 0.1) is 13.8 Å². The Labute approximate surface area is 166 Å². The number of hydrogen-bond donors (Lipinski definition) is 0. The summed E-state index contributed by atoms with van der Waals surface area (Å²) in [5, 5.41) is 1.14. The molecule has 2 aromatic carbocycles. The molecule has 0 atom stereocenters. The molecule has 1 aromatic heterocycles. The maximum atomic E-state index is 13.1. The molecule has 0 saturated carbocycles. The highest BCUT2D eigenvalue weighted by Gasteiger charge is 2.29. The minimum Gasteiger partial charge on any atom is -0.296 e. The lowest BCUT2D eigenvalue weighted by Crippen LogP contribution is -2.48. The summed E-state index contributed by atoms with van der Waals surface area (Å²) in [6.45, 7) is 7.07. The Bertz CT molecular complexity index is 1100. The summed E-state index contributed by atoms with van der Waals surface area (Å²) >= 11 is 0. The Morgan fingerprint density at radius 3 is 2.46 bits per heavy atom. The molecule has 4 rings (SSSR count). The number of pyridine rings is 1. The second kappa shape index (κ2) is 7.62. The summed E-state index contributed by atoms with van der Waals surface area (Å²) in [6, 6.07) is 15.8. The summed E-state index contributed by atoms with van der Waals surface area (Å²) in [4.78, 5) is 7.25. The van der Waals surface area contributed by atoms with Crippen molar-refractivity contribution in [2.24, 2.45) is 0 Å². The minimum absolute atomic E-state index is 0.421. The predicted molar refractivity (Wildman–Crippen MR) is 112 cm³/mol. The molecule has 0 N–H and O–H groups in total. The van der Waals surface area contributed by atoms with Crippen LogP contribution in [-0.2, 0) is 16.6 Å². The SMILES string of the molecule is Cc1ccc(S(=O)(=O)N2CCN(Cc3cccc4cccnc34)CC2)c(C)c1. The van der Waals surface area contributed by atoms with E-state index in [1.165, 1.54) is 5.56 Å². The van der Waals surface area contributed by atoms with E-state index < -0.39 is 10.0 Å². The second-order valence-corrected chi connectivity index (χ2v) is 9.35. The summed E-state index contributed by atoms with van der Waals surface area (Å²) in [5.41, 5.74) is 4.09. The van der Waals surface area contributed by atoms with Crippen LogP contribution in [0.15, 0.2) is 59.6 Å². The normalized spacial score (nSPS) is 16.5. The summed E-state index contributed by atoms with van der Waals surface area (Å²) < 4.78 is 27.7. The van der Waals surface area contributed by atoms with Crippen LogP contribution < -0.4 is 0 Å². The highest BCUT2D eigenvalue weighted by Crippen LogP contribution is 2.23. The van der Waals surface area contributed by atoms with Crippen LogP contribution in [0.4, 0.5) is 0 Å². The molecular weight excluding hydrogens is 370 g/mol. The van der Waals surface area contributed by atoms with Crippen LogP contribution in [-0.4, -0.2) is 48.8 Å². The van der Waals surface area contributed by atoms with Gasteiger partial charge in [-0.25, -0.2) is 8.42 Å². The van der Waals surface area contributed by atoms with Gasteiger partial charge < -0.3 is 0 Å². The van der Waals surface area contributed by atoms with Crippen LogP contribution in [0.3, 0.4) is 0 Å². The van der Waals surface area contributed by atoms with Crippen LogP contribution >= 0.6 is 0 Å². The molecule has 0 bridgehead atoms. The molecule has 2 heterocycles. The molecule has 1 aliphatic heterocycles. The monoisotopic (exact) mass is 395 g/mol. The number of hydrogen-bond acceptors (Lipinski definition) is 4. The van der Waals surface area contributed by atoms with Gasteiger partial charge in [0, 0.05) is 44.3 Å². The first kappa shape index (κ1) is 19.1. The standard InChI is InChI=1S/C22H25N3O2S/c1-17-8-9-21(18(2)15-17)28(26,27)25-13-11-24(12-14-25)16-20-6-3-5-19-7-4-10-23-22(19)20/h3-10,15H,11-14,16H2,1-2H3. The number of rotatable bonds is 4. The number of para-hydroxylation sites is 1. The maximum absolute atomic E-state index is 13.1. The van der Waals surface area contributed by atoms with Gasteiger partial charge >= 0.3 is 0 Å². The molecule has 5 nitrogen and oxygen atoms in total. The summed E-state index contributed by atoms with van der Waals surface area (Å²) in [7, 11) is -3.45. The lowest BCUT2D eigenvalue weighted by molar-refractivity contribution is 0.182. The van der Waals surface area contributed by atoms with E-state index in [-0.39, 0.29) is 0 Å². The Hall–Kier alpha value is -2.28. The molecule has 6 heteroatoms. The highest BCUT2D eigenvalue weighted by atomic mass is 32.2. The lowest BCUT2D eigenvalue weighted by atomic mass is 10.1. The third-order valence-electron chi connectivity index (χ3n) is 5.39. The van der Waals surface area contributed by atoms with Crippen LogP contribution in [0.5, 0.6) is 0 Å². The van der Waals surface area contributed by atoms with Crippen molar-refractivity contribution in [2.45, 2.75) is 25.3 Å². The average Bonchev–Trinajstić information content (AvgIpc) is 2.68. The van der Waals surface area contributed by atoms with E-state index in [1.807, 2.05) is 38.2 Å². The zero-order chi connectivity index (χ0) is 19.7. The van der Waals surface area contributed by atoms with Gasteiger partial charge in [-0.2, -0.15) is 4.31 Å². The van der Waals surface area contributed by atoms with E-state index in [9.17, 15) is 8.42 Å². The van der Waals surface area contributed by atoms with Gasteiger partial charge in [-0.15, -0.1) is 0 Å². The number of nitrogens with zero attached hydrogens (tertiary/aromatic N) is 3. The van der Waals surface area contributed by atoms with Gasteiger partial charge in [-0.05, 0) is 37.1 Å². The van der Waals surface area contributed by atoms with Crippen LogP contribution in [0.2, 0.25) is 0 Å². The fraction of sp³-hybridized carbons (Fsp3) is 0.318. The van der Waals surface area contributed by atoms with Gasteiger partial charge in [0.25, 0.3) is 0 Å². The Balaban J connectivity index is 1.47. The molecule has 1 fully saturated rings. The molecule has 0 amide bonds. The number of benzene rings is 2. The molecule has 0 radical (unpaired) electrons. The van der Waals surface area contributed by atoms with Crippen molar-refractivity contribution in [3.63, 3.8) is 0 Å². The Kier molecular flexibility index (Phi) is 5.19. The van der Waals surface area contributed by atoms with Gasteiger partial charge in [0.15, 0.2) is 0 Å². The molecule has 146 valence electrons. The first-order valence-corrected chi connectivity index (χ1v) is 11.0. The predicted octanol–water partition coefficient (Wildman–Crippen LogP) is 3.36. The zero-order valence-electron chi connectivity index (χ0n) is 16.3. The average molecular weight is 396 g/mol. The molecule has 28 heavy (non-hydrogen) atoms. The molecule has 0 spiro atoms. The van der Waals surface area contributed by atoms with E-state index in [0.29, 0.717) is 31.1 Å². The molecule has 1 saturated heterocycles. The first-order valence-electron chi connectivity index (χ1n) is 9.57. The van der Waals surface area contributed by atoms with Crippen LogP contribution in [0.25, 0.3) is 10.9 Å². The Morgan fingerprint density at radius 2 is 1.71 bits per heavy atom. The van der Waals surface area contributed by atoms with Crippen molar-refractivity contribution in [1.29, 1.82) is 0 Å². The van der Waals surface area contributed by atoms with Crippen LogP contribution in [0.1, 0.15) is 16.7 Å². The van der Waals surface area contributed by atoms with Gasteiger partial charge in [-0.1, -0.05) is 42.0 Å². The minimum atomic E-state index is -3.45. The van der Waals surface area contributed by atoms with Gasteiger partial charge in [-0.3, -0.25) is 9.88 Å². The van der Waals surface area contributed by atoms with Crippen molar-refractivity contribution in [1.82, 2.24) is 14.2 Å². The fourth-order valence-electron chi connectivity index (χ4n) is 3.89. The number of aromatic nitrogens is 1. The number of sulfonamides is 1. The maximum Gasteiger partial charge on any atom is 0.243 e. The van der Waals surface area contributed by atoms with Gasteiger partial charge in [0.05, 0.1) is 10.4 Å². The van der Waals surface area contributed by atoms with E-state index in [2.05, 4.69) is 34.1 Å². The van der Waals surface area contributed by atoms with Gasteiger partial charge in [0.2, 0.25) is 10.0 Å². The Morgan fingerprint density at radius 1 is 0.964 bits per heavy atom. The number of piperazine rings is 1. The first-order chi connectivity index (χ1) is 13.4. The van der Waals surface area contributed by atoms with Crippen molar-refractivity contribution >= 4 is 20.9 Å². The zero-order valence-corrected chi connectivity index (χ0v) is 17.1. The number of aryl methyl sites for hydroxylation is 2. The topological polar surface area (TPSA) is 53.5 Å². The van der Waals surface area contributed by atoms with E-state index >= 15 is 0 Å². The quantitative estimate of drug-likeness (QED) is 0.680. The van der Waals surface area contributed by atoms with Crippen molar-refractivity contribution in [3.8, 4) is 0 Å². The third-order valence-corrected chi connectivity index (χ3v) is 7.45. The van der Waals surface area contributed by atoms with Crippen molar-refractivity contribution in [2.75, 3.05) is 26.2 Å². The third kappa shape index (κ3) is 3.68. The molecular formula is C22H25N3O2S. The van der Waals surface area contributed by atoms with Crippen molar-refractivity contribution in [3.05, 3.63) is 71.4 Å². The van der Waals surface area contributed by atoms with Gasteiger partial charge in [0.1, 0.15) is 0 Å². The highest BCUT2D eigenvalue weighted by molar-refractivity contribution is 7.89. The number of fused-ring (bicyclic) bond motifs is 1.